The highest BCUT2D eigenvalue weighted by atomic mass is 16.3. The average molecular weight is 553 g/mol. The maximum Gasteiger partial charge on any atom is 0.227 e. The highest BCUT2D eigenvalue weighted by molar-refractivity contribution is 6.19. The van der Waals surface area contributed by atoms with Gasteiger partial charge in [-0.2, -0.15) is 0 Å². The Hall–Kier alpha value is -5.87. The Labute approximate surface area is 247 Å². The highest BCUT2D eigenvalue weighted by Crippen LogP contribution is 2.41. The van der Waals surface area contributed by atoms with E-state index < -0.39 is 0 Å². The standard InChI is InChI=1S/C39H24N2O2/c1-3-9-27(10-4-1)39-40-38-35(43-39)22-18-26-16-15-25-17-19-29(23-33(25)37(26)38)41(28-11-5-2-6-12-28)30-20-21-32-31-13-7-8-14-34(31)42-36(32)24-30/h1-24H. The van der Waals surface area contributed by atoms with E-state index >= 15 is 0 Å². The fraction of sp³-hybridized carbons (Fsp3) is 0. The number of hydrogen-bond donors (Lipinski definition) is 0. The smallest absolute Gasteiger partial charge is 0.227 e. The van der Waals surface area contributed by atoms with Crippen molar-refractivity contribution in [1.29, 1.82) is 0 Å². The molecule has 4 heteroatoms. The molecule has 0 amide bonds. The molecule has 0 saturated heterocycles. The van der Waals surface area contributed by atoms with E-state index in [2.05, 4.69) is 95.9 Å². The predicted octanol–water partition coefficient (Wildman–Crippen LogP) is 11.2. The molecule has 7 aromatic carbocycles. The lowest BCUT2D eigenvalue weighted by molar-refractivity contribution is 0.620. The number of fused-ring (bicyclic) bond motifs is 8. The molecule has 0 saturated carbocycles. The van der Waals surface area contributed by atoms with Crippen LogP contribution < -0.4 is 4.90 Å². The molecule has 2 aromatic heterocycles. The number of furan rings is 1. The Morgan fingerprint density at radius 3 is 2.00 bits per heavy atom. The summed E-state index contributed by atoms with van der Waals surface area (Å²) < 4.78 is 12.5. The van der Waals surface area contributed by atoms with Gasteiger partial charge in [-0.1, -0.05) is 78.9 Å². The van der Waals surface area contributed by atoms with E-state index in [0.29, 0.717) is 5.89 Å². The lowest BCUT2D eigenvalue weighted by atomic mass is 9.99. The summed E-state index contributed by atoms with van der Waals surface area (Å²) in [6, 6.07) is 50.3. The summed E-state index contributed by atoms with van der Waals surface area (Å²) in [6.45, 7) is 0. The van der Waals surface area contributed by atoms with Crippen LogP contribution in [0, 0.1) is 0 Å². The largest absolute Gasteiger partial charge is 0.456 e. The number of anilines is 3. The first kappa shape index (κ1) is 23.8. The summed E-state index contributed by atoms with van der Waals surface area (Å²) in [5.41, 5.74) is 7.50. The number of oxazole rings is 1. The molecule has 0 fully saturated rings. The number of nitrogens with zero attached hydrogens (tertiary/aromatic N) is 2. The summed E-state index contributed by atoms with van der Waals surface area (Å²) in [5.74, 6) is 0.626. The third kappa shape index (κ3) is 3.81. The van der Waals surface area contributed by atoms with Crippen molar-refractivity contribution in [2.75, 3.05) is 4.90 Å². The highest BCUT2D eigenvalue weighted by Gasteiger charge is 2.18. The summed E-state index contributed by atoms with van der Waals surface area (Å²) in [6.07, 6.45) is 0. The average Bonchev–Trinajstić information content (AvgIpc) is 3.67. The van der Waals surface area contributed by atoms with Crippen molar-refractivity contribution in [2.45, 2.75) is 0 Å². The molecular formula is C39H24N2O2. The molecular weight excluding hydrogens is 528 g/mol. The first-order valence-corrected chi connectivity index (χ1v) is 14.4. The monoisotopic (exact) mass is 552 g/mol. The maximum atomic E-state index is 6.28. The minimum atomic E-state index is 0.626. The fourth-order valence-corrected chi connectivity index (χ4v) is 6.24. The molecule has 9 aromatic rings. The van der Waals surface area contributed by atoms with Crippen LogP contribution in [0.2, 0.25) is 0 Å². The van der Waals surface area contributed by atoms with Crippen LogP contribution in [0.4, 0.5) is 17.1 Å². The minimum Gasteiger partial charge on any atom is -0.456 e. The van der Waals surface area contributed by atoms with Gasteiger partial charge >= 0.3 is 0 Å². The van der Waals surface area contributed by atoms with Crippen LogP contribution >= 0.6 is 0 Å². The van der Waals surface area contributed by atoms with Crippen molar-refractivity contribution in [2.24, 2.45) is 0 Å². The molecule has 9 rings (SSSR count). The van der Waals surface area contributed by atoms with Crippen LogP contribution in [-0.2, 0) is 0 Å². The van der Waals surface area contributed by atoms with Gasteiger partial charge in [0.2, 0.25) is 5.89 Å². The molecule has 0 aliphatic heterocycles. The molecule has 0 aliphatic rings. The first-order valence-electron chi connectivity index (χ1n) is 14.4. The number of rotatable bonds is 4. The van der Waals surface area contributed by atoms with Gasteiger partial charge in [0.15, 0.2) is 5.58 Å². The van der Waals surface area contributed by atoms with Crippen molar-refractivity contribution in [3.8, 4) is 11.5 Å². The van der Waals surface area contributed by atoms with Gasteiger partial charge in [-0.25, -0.2) is 4.98 Å². The molecule has 4 nitrogen and oxygen atoms in total. The Kier molecular flexibility index (Phi) is 5.16. The van der Waals surface area contributed by atoms with Gasteiger partial charge in [-0.15, -0.1) is 0 Å². The van der Waals surface area contributed by atoms with E-state index in [0.717, 1.165) is 77.2 Å². The van der Waals surface area contributed by atoms with E-state index in [1.54, 1.807) is 0 Å². The van der Waals surface area contributed by atoms with E-state index in [-0.39, 0.29) is 0 Å². The van der Waals surface area contributed by atoms with E-state index in [1.165, 1.54) is 0 Å². The zero-order valence-electron chi connectivity index (χ0n) is 23.1. The fourth-order valence-electron chi connectivity index (χ4n) is 6.24. The van der Waals surface area contributed by atoms with Crippen molar-refractivity contribution in [3.05, 3.63) is 146 Å². The maximum absolute atomic E-state index is 6.28. The van der Waals surface area contributed by atoms with E-state index in [4.69, 9.17) is 13.8 Å². The Morgan fingerprint density at radius 2 is 1.12 bits per heavy atom. The second-order valence-electron chi connectivity index (χ2n) is 10.8. The van der Waals surface area contributed by atoms with Gasteiger partial charge in [-0.05, 0) is 76.8 Å². The third-order valence-corrected chi connectivity index (χ3v) is 8.26. The number of benzene rings is 7. The summed E-state index contributed by atoms with van der Waals surface area (Å²) >= 11 is 0. The van der Waals surface area contributed by atoms with Gasteiger partial charge in [0.05, 0.1) is 0 Å². The summed E-state index contributed by atoms with van der Waals surface area (Å²) in [4.78, 5) is 7.30. The number of aromatic nitrogens is 1. The van der Waals surface area contributed by atoms with Gasteiger partial charge in [0.1, 0.15) is 16.7 Å². The molecule has 0 radical (unpaired) electrons. The lowest BCUT2D eigenvalue weighted by Gasteiger charge is -2.26. The minimum absolute atomic E-state index is 0.626. The lowest BCUT2D eigenvalue weighted by Crippen LogP contribution is -2.09. The zero-order chi connectivity index (χ0) is 28.3. The predicted molar refractivity (Wildman–Crippen MR) is 176 cm³/mol. The molecule has 0 atom stereocenters. The third-order valence-electron chi connectivity index (χ3n) is 8.26. The SMILES string of the molecule is c1ccc(-c2nc3c(ccc4ccc5ccc(N(c6ccccc6)c6ccc7c(c6)oc6ccccc67)cc5c43)o2)cc1. The van der Waals surface area contributed by atoms with Crippen LogP contribution in [0.15, 0.2) is 154 Å². The zero-order valence-corrected chi connectivity index (χ0v) is 23.1. The van der Waals surface area contributed by atoms with Crippen molar-refractivity contribution in [3.63, 3.8) is 0 Å². The van der Waals surface area contributed by atoms with Crippen LogP contribution in [-0.4, -0.2) is 4.98 Å². The molecule has 202 valence electrons. The number of hydrogen-bond acceptors (Lipinski definition) is 4. The topological polar surface area (TPSA) is 42.4 Å². The van der Waals surface area contributed by atoms with Crippen molar-refractivity contribution >= 4 is 71.6 Å². The molecule has 0 bridgehead atoms. The summed E-state index contributed by atoms with van der Waals surface area (Å²) in [7, 11) is 0. The number of para-hydroxylation sites is 2. The van der Waals surface area contributed by atoms with Crippen molar-refractivity contribution < 1.29 is 8.83 Å². The van der Waals surface area contributed by atoms with Gasteiger partial charge < -0.3 is 13.7 Å². The quantitative estimate of drug-likeness (QED) is 0.204. The van der Waals surface area contributed by atoms with Crippen LogP contribution in [0.25, 0.3) is 66.0 Å². The summed E-state index contributed by atoms with van der Waals surface area (Å²) in [5, 5.41) is 6.72. The Bertz CT molecular complexity index is 2460. The second-order valence-corrected chi connectivity index (χ2v) is 10.8. The molecule has 0 unspecified atom stereocenters. The van der Waals surface area contributed by atoms with Crippen LogP contribution in [0.3, 0.4) is 0 Å². The van der Waals surface area contributed by atoms with E-state index in [9.17, 15) is 0 Å². The van der Waals surface area contributed by atoms with Gasteiger partial charge in [0.25, 0.3) is 0 Å². The van der Waals surface area contributed by atoms with Crippen LogP contribution in [0.1, 0.15) is 0 Å². The Balaban J connectivity index is 1.28. The molecule has 43 heavy (non-hydrogen) atoms. The van der Waals surface area contributed by atoms with Gasteiger partial charge in [-0.3, -0.25) is 0 Å². The normalized spacial score (nSPS) is 11.7. The van der Waals surface area contributed by atoms with E-state index in [1.807, 2.05) is 54.6 Å². The van der Waals surface area contributed by atoms with Crippen molar-refractivity contribution in [1.82, 2.24) is 4.98 Å². The van der Waals surface area contributed by atoms with Crippen LogP contribution in [0.5, 0.6) is 0 Å². The molecule has 0 aliphatic carbocycles. The first-order chi connectivity index (χ1) is 21.3. The van der Waals surface area contributed by atoms with Gasteiger partial charge in [0, 0.05) is 44.9 Å². The second kappa shape index (κ2) is 9.33. The molecule has 2 heterocycles. The molecule has 0 N–H and O–H groups in total. The molecule has 0 spiro atoms. The Morgan fingerprint density at radius 1 is 0.442 bits per heavy atom.